The summed E-state index contributed by atoms with van der Waals surface area (Å²) in [6.07, 6.45) is 7.69. The molecule has 4 heteroatoms. The molecule has 3 aromatic rings. The van der Waals surface area contributed by atoms with E-state index in [9.17, 15) is 0 Å². The van der Waals surface area contributed by atoms with Crippen LogP contribution < -0.4 is 24.8 Å². The van der Waals surface area contributed by atoms with Gasteiger partial charge in [0.2, 0.25) is 0 Å². The summed E-state index contributed by atoms with van der Waals surface area (Å²) < 4.78 is 1.26. The molecule has 3 aromatic carbocycles. The number of fused-ring (bicyclic) bond motifs is 2. The summed E-state index contributed by atoms with van der Waals surface area (Å²) >= 11 is -0.319. The van der Waals surface area contributed by atoms with Gasteiger partial charge in [0.25, 0.3) is 0 Å². The number of hydrogen-bond acceptors (Lipinski definition) is 0. The van der Waals surface area contributed by atoms with Gasteiger partial charge in [-0.15, -0.1) is 0 Å². The smallest absolute Gasteiger partial charge is 1.00 e. The van der Waals surface area contributed by atoms with Crippen molar-refractivity contribution in [3.05, 3.63) is 106 Å². The predicted molar refractivity (Wildman–Crippen MR) is 152 cm³/mol. The average Bonchev–Trinajstić information content (AvgIpc) is 3.41. The Morgan fingerprint density at radius 1 is 0.730 bits per heavy atom. The van der Waals surface area contributed by atoms with E-state index in [0.29, 0.717) is 8.45 Å². The van der Waals surface area contributed by atoms with Crippen LogP contribution in [0.5, 0.6) is 0 Å². The van der Waals surface area contributed by atoms with Crippen molar-refractivity contribution in [2.75, 3.05) is 0 Å². The second-order valence-corrected chi connectivity index (χ2v) is 15.6. The Hall–Kier alpha value is -1.14. The van der Waals surface area contributed by atoms with Crippen molar-refractivity contribution >= 4 is 20.1 Å². The number of benzene rings is 3. The third kappa shape index (κ3) is 5.90. The topological polar surface area (TPSA) is 0 Å². The molecule has 192 valence electrons. The first kappa shape index (κ1) is 30.4. The van der Waals surface area contributed by atoms with Crippen LogP contribution in [-0.2, 0) is 19.2 Å². The van der Waals surface area contributed by atoms with Crippen LogP contribution in [0.1, 0.15) is 78.2 Å². The quantitative estimate of drug-likeness (QED) is 0.277. The van der Waals surface area contributed by atoms with Crippen molar-refractivity contribution < 1.29 is 44.0 Å². The van der Waals surface area contributed by atoms with Gasteiger partial charge >= 0.3 is 224 Å². The van der Waals surface area contributed by atoms with Crippen molar-refractivity contribution in [2.24, 2.45) is 0 Å². The molecular weight excluding hydrogens is 546 g/mol. The molecule has 0 radical (unpaired) electrons. The fourth-order valence-corrected chi connectivity index (χ4v) is 13.1. The molecular formula is C33H37Cl2PTi. The fraction of sp³-hybridized carbons (Fsp3) is 0.333. The zero-order chi connectivity index (χ0) is 24.5. The largest absolute Gasteiger partial charge is 1.00 e. The van der Waals surface area contributed by atoms with Crippen molar-refractivity contribution in [3.63, 3.8) is 0 Å². The molecule has 0 aliphatic heterocycles. The van der Waals surface area contributed by atoms with Crippen molar-refractivity contribution in [2.45, 2.75) is 67.2 Å². The Bertz CT molecular complexity index is 1260. The van der Waals surface area contributed by atoms with Gasteiger partial charge < -0.3 is 24.8 Å². The molecule has 0 nitrogen and oxygen atoms in total. The molecule has 0 aromatic heterocycles. The van der Waals surface area contributed by atoms with Gasteiger partial charge in [-0.2, -0.15) is 0 Å². The minimum atomic E-state index is -0.319. The standard InChI is InChI=1S/C17H24P.C16H13.2ClH.Ti/c1-5-13(3)18(14(4)6-2)17-11-15-9-7-8-10-16(15)12-17;1-12-10-14-8-5-9-15(16(14)11-12)13-6-3-2-4-7-13;;;/h7-14H,5-6H2,1-4H3;2-11H,1H3;2*1H;/q;;;;+2/p-2. The zero-order valence-electron chi connectivity index (χ0n) is 22.5. The molecule has 0 bridgehead atoms. The molecule has 4 unspecified atom stereocenters. The second-order valence-electron chi connectivity index (χ2n) is 10.2. The average molecular weight is 583 g/mol. The maximum absolute atomic E-state index is 2.63. The summed E-state index contributed by atoms with van der Waals surface area (Å²) in [4.78, 5) is 0. The van der Waals surface area contributed by atoms with Crippen LogP contribution in [0, 0.1) is 0 Å². The van der Waals surface area contributed by atoms with Gasteiger partial charge in [-0.25, -0.2) is 0 Å². The third-order valence-corrected chi connectivity index (χ3v) is 15.2. The second kappa shape index (κ2) is 13.3. The molecule has 4 atom stereocenters. The predicted octanol–water partition coefficient (Wildman–Crippen LogP) is 4.08. The van der Waals surface area contributed by atoms with Gasteiger partial charge in [0.05, 0.1) is 0 Å². The molecule has 0 amide bonds. The first-order valence-electron chi connectivity index (χ1n) is 13.2. The molecule has 0 spiro atoms. The van der Waals surface area contributed by atoms with E-state index in [1.807, 2.05) is 5.31 Å². The van der Waals surface area contributed by atoms with Gasteiger partial charge in [-0.05, 0) is 0 Å². The molecule has 5 rings (SSSR count). The Kier molecular flexibility index (Phi) is 10.9. The van der Waals surface area contributed by atoms with Gasteiger partial charge in [-0.3, -0.25) is 0 Å². The van der Waals surface area contributed by atoms with Crippen LogP contribution in [0.15, 0.2) is 83.7 Å². The van der Waals surface area contributed by atoms with Crippen molar-refractivity contribution in [1.29, 1.82) is 0 Å². The van der Waals surface area contributed by atoms with Gasteiger partial charge in [0.15, 0.2) is 0 Å². The van der Waals surface area contributed by atoms with E-state index in [1.54, 1.807) is 16.7 Å². The Labute approximate surface area is 246 Å². The van der Waals surface area contributed by atoms with Gasteiger partial charge in [0, 0.05) is 0 Å². The molecule has 0 N–H and O–H groups in total. The maximum Gasteiger partial charge on any atom is -1.00 e. The molecule has 0 saturated heterocycles. The Balaban J connectivity index is 0.00000190. The van der Waals surface area contributed by atoms with E-state index in [-0.39, 0.29) is 51.9 Å². The number of hydrogen-bond donors (Lipinski definition) is 0. The summed E-state index contributed by atoms with van der Waals surface area (Å²) in [6.45, 7) is 12.2. The zero-order valence-corrected chi connectivity index (χ0v) is 26.5. The van der Waals surface area contributed by atoms with Gasteiger partial charge in [0.1, 0.15) is 0 Å². The van der Waals surface area contributed by atoms with E-state index in [0.717, 1.165) is 11.3 Å². The van der Waals surface area contributed by atoms with Crippen LogP contribution in [0.2, 0.25) is 0 Å². The molecule has 2 aliphatic carbocycles. The van der Waals surface area contributed by atoms with E-state index in [2.05, 4.69) is 120 Å². The van der Waals surface area contributed by atoms with Crippen LogP contribution >= 0.6 is 7.92 Å². The summed E-state index contributed by atoms with van der Waals surface area (Å²) in [5.41, 5.74) is 12.0. The third-order valence-electron chi connectivity index (χ3n) is 8.03. The fourth-order valence-electron chi connectivity index (χ4n) is 5.85. The van der Waals surface area contributed by atoms with E-state index >= 15 is 0 Å². The van der Waals surface area contributed by atoms with Crippen LogP contribution in [-0.4, -0.2) is 11.3 Å². The summed E-state index contributed by atoms with van der Waals surface area (Å²) in [5, 5.41) is 1.81. The normalized spacial score (nSPS) is 19.7. The number of rotatable bonds is 8. The van der Waals surface area contributed by atoms with Crippen LogP contribution in [0.3, 0.4) is 0 Å². The van der Waals surface area contributed by atoms with E-state index in [4.69, 9.17) is 0 Å². The Morgan fingerprint density at radius 2 is 1.35 bits per heavy atom. The SMILES string of the molecule is CCC(C)P(C1=Cc2ccccc2[CH]1[Ti+2][CH]1C(C)=Cc2c(-c3ccccc3)cccc21)C(C)CC.[Cl-].[Cl-]. The van der Waals surface area contributed by atoms with Crippen LogP contribution in [0.4, 0.5) is 0 Å². The first-order chi connectivity index (χ1) is 17.0. The molecule has 37 heavy (non-hydrogen) atoms. The summed E-state index contributed by atoms with van der Waals surface area (Å²) in [7, 11) is -0.141. The van der Waals surface area contributed by atoms with Crippen molar-refractivity contribution in [1.82, 2.24) is 0 Å². The minimum Gasteiger partial charge on any atom is -1.00 e. The minimum absolute atomic E-state index is 0. The Morgan fingerprint density at radius 3 is 2.03 bits per heavy atom. The molecule has 0 saturated carbocycles. The monoisotopic (exact) mass is 582 g/mol. The maximum atomic E-state index is 2.63. The molecule has 2 aliphatic rings. The number of halogens is 2. The van der Waals surface area contributed by atoms with Crippen molar-refractivity contribution in [3.8, 4) is 11.1 Å². The van der Waals surface area contributed by atoms with Crippen LogP contribution in [0.25, 0.3) is 23.3 Å². The summed E-state index contributed by atoms with van der Waals surface area (Å²) in [6, 6.07) is 27.2. The molecule has 0 heterocycles. The number of allylic oxidation sites excluding steroid dienone is 2. The van der Waals surface area contributed by atoms with E-state index < -0.39 is 0 Å². The molecule has 0 fully saturated rings. The summed E-state index contributed by atoms with van der Waals surface area (Å²) in [5.74, 6) is 0. The van der Waals surface area contributed by atoms with Gasteiger partial charge in [-0.1, -0.05) is 0 Å². The first-order valence-corrected chi connectivity index (χ1v) is 16.5. The van der Waals surface area contributed by atoms with E-state index in [1.165, 1.54) is 35.1 Å².